The number of aromatic hydroxyl groups is 3. The third-order valence-electron chi connectivity index (χ3n) is 6.79. The molecule has 0 saturated heterocycles. The first-order chi connectivity index (χ1) is 15.9. The molecule has 4 aromatic carbocycles. The summed E-state index contributed by atoms with van der Waals surface area (Å²) < 4.78 is 0. The number of hydrogen-bond acceptors (Lipinski definition) is 3. The summed E-state index contributed by atoms with van der Waals surface area (Å²) in [4.78, 5) is 0. The van der Waals surface area contributed by atoms with Crippen LogP contribution in [0.1, 0.15) is 50.1 Å². The van der Waals surface area contributed by atoms with Crippen molar-refractivity contribution in [2.24, 2.45) is 0 Å². The monoisotopic (exact) mass is 438 g/mol. The largest absolute Gasteiger partial charge is 0.508 e. The maximum Gasteiger partial charge on any atom is 0.119 e. The van der Waals surface area contributed by atoms with Gasteiger partial charge in [0.05, 0.1) is 0 Å². The van der Waals surface area contributed by atoms with E-state index in [9.17, 15) is 15.3 Å². The predicted molar refractivity (Wildman–Crippen MR) is 133 cm³/mol. The van der Waals surface area contributed by atoms with Crippen LogP contribution in [0.15, 0.2) is 72.8 Å². The summed E-state index contributed by atoms with van der Waals surface area (Å²) in [6, 6.07) is 22.4. The second-order valence-electron chi connectivity index (χ2n) is 8.73. The minimum Gasteiger partial charge on any atom is -0.508 e. The lowest BCUT2D eigenvalue weighted by molar-refractivity contribution is 0.469. The van der Waals surface area contributed by atoms with Crippen molar-refractivity contribution >= 4 is 0 Å². The molecule has 3 nitrogen and oxygen atoms in total. The van der Waals surface area contributed by atoms with Crippen LogP contribution in [0.2, 0.25) is 0 Å². The minimum atomic E-state index is 0.293. The van der Waals surface area contributed by atoms with E-state index < -0.39 is 0 Å². The van der Waals surface area contributed by atoms with Crippen molar-refractivity contribution in [2.45, 2.75) is 40.0 Å². The van der Waals surface area contributed by atoms with Crippen molar-refractivity contribution in [3.8, 4) is 17.2 Å². The van der Waals surface area contributed by atoms with Gasteiger partial charge in [-0.05, 0) is 89.0 Å². The first kappa shape index (κ1) is 22.5. The van der Waals surface area contributed by atoms with Crippen molar-refractivity contribution in [2.75, 3.05) is 0 Å². The quantitative estimate of drug-likeness (QED) is 0.322. The molecule has 0 fully saturated rings. The van der Waals surface area contributed by atoms with E-state index in [4.69, 9.17) is 0 Å². The van der Waals surface area contributed by atoms with Crippen LogP contribution < -0.4 is 0 Å². The molecule has 3 heteroatoms. The zero-order valence-corrected chi connectivity index (χ0v) is 19.4. The van der Waals surface area contributed by atoms with Crippen LogP contribution in [0.25, 0.3) is 0 Å². The van der Waals surface area contributed by atoms with E-state index in [0.29, 0.717) is 36.5 Å². The lowest BCUT2D eigenvalue weighted by Gasteiger charge is -2.23. The number of phenols is 3. The molecule has 4 aromatic rings. The van der Waals surface area contributed by atoms with Crippen LogP contribution in [0, 0.1) is 20.8 Å². The van der Waals surface area contributed by atoms with Crippen molar-refractivity contribution in [3.63, 3.8) is 0 Å². The zero-order valence-electron chi connectivity index (χ0n) is 19.4. The van der Waals surface area contributed by atoms with E-state index in [1.54, 1.807) is 18.2 Å². The number of para-hydroxylation sites is 3. The van der Waals surface area contributed by atoms with E-state index in [2.05, 4.69) is 20.8 Å². The highest BCUT2D eigenvalue weighted by molar-refractivity contribution is 5.56. The Kier molecular flexibility index (Phi) is 6.41. The van der Waals surface area contributed by atoms with Crippen LogP contribution >= 0.6 is 0 Å². The fourth-order valence-corrected chi connectivity index (χ4v) is 4.74. The smallest absolute Gasteiger partial charge is 0.119 e. The van der Waals surface area contributed by atoms with E-state index in [0.717, 1.165) is 16.7 Å². The van der Waals surface area contributed by atoms with Gasteiger partial charge in [-0.2, -0.15) is 0 Å². The van der Waals surface area contributed by atoms with Crippen LogP contribution in [0.4, 0.5) is 0 Å². The first-order valence-corrected chi connectivity index (χ1v) is 11.3. The van der Waals surface area contributed by atoms with Gasteiger partial charge in [-0.1, -0.05) is 54.6 Å². The molecule has 0 unspecified atom stereocenters. The fraction of sp³-hybridized carbons (Fsp3) is 0.200. The van der Waals surface area contributed by atoms with Crippen LogP contribution in [-0.4, -0.2) is 15.3 Å². The van der Waals surface area contributed by atoms with E-state index in [1.807, 2.05) is 54.6 Å². The summed E-state index contributed by atoms with van der Waals surface area (Å²) >= 11 is 0. The zero-order chi connectivity index (χ0) is 23.5. The molecule has 0 radical (unpaired) electrons. The van der Waals surface area contributed by atoms with Crippen LogP contribution in [0.5, 0.6) is 17.2 Å². The van der Waals surface area contributed by atoms with Gasteiger partial charge in [-0.3, -0.25) is 0 Å². The Morgan fingerprint density at radius 2 is 0.667 bits per heavy atom. The molecule has 0 amide bonds. The average Bonchev–Trinajstić information content (AvgIpc) is 2.80. The molecule has 0 aliphatic heterocycles. The van der Waals surface area contributed by atoms with Crippen molar-refractivity contribution in [1.29, 1.82) is 0 Å². The summed E-state index contributed by atoms with van der Waals surface area (Å²) in [5.74, 6) is 0.879. The lowest BCUT2D eigenvalue weighted by atomic mass is 9.81. The van der Waals surface area contributed by atoms with Crippen LogP contribution in [0.3, 0.4) is 0 Å². The Hall–Kier alpha value is -3.72. The van der Waals surface area contributed by atoms with Crippen molar-refractivity contribution < 1.29 is 15.3 Å². The van der Waals surface area contributed by atoms with Gasteiger partial charge in [0, 0.05) is 19.3 Å². The van der Waals surface area contributed by atoms with E-state index >= 15 is 0 Å². The van der Waals surface area contributed by atoms with E-state index in [1.165, 1.54) is 33.4 Å². The highest BCUT2D eigenvalue weighted by Crippen LogP contribution is 2.35. The predicted octanol–water partition coefficient (Wildman–Crippen LogP) is 6.50. The fourth-order valence-electron chi connectivity index (χ4n) is 4.74. The molecule has 0 aromatic heterocycles. The molecule has 4 rings (SSSR count). The molecule has 0 aliphatic carbocycles. The van der Waals surface area contributed by atoms with Gasteiger partial charge in [0.1, 0.15) is 17.2 Å². The van der Waals surface area contributed by atoms with Crippen molar-refractivity contribution in [3.05, 3.63) is 123 Å². The van der Waals surface area contributed by atoms with Gasteiger partial charge in [-0.15, -0.1) is 0 Å². The summed E-state index contributed by atoms with van der Waals surface area (Å²) in [5.41, 5.74) is 9.72. The third-order valence-corrected chi connectivity index (χ3v) is 6.79. The normalized spacial score (nSPS) is 11.0. The second-order valence-corrected chi connectivity index (χ2v) is 8.73. The van der Waals surface area contributed by atoms with Gasteiger partial charge in [0.25, 0.3) is 0 Å². The molecule has 3 N–H and O–H groups in total. The average molecular weight is 439 g/mol. The Balaban J connectivity index is 1.89. The van der Waals surface area contributed by atoms with Gasteiger partial charge in [0.15, 0.2) is 0 Å². The number of phenolic OH excluding ortho intramolecular Hbond substituents is 3. The number of rotatable bonds is 6. The maximum absolute atomic E-state index is 10.4. The topological polar surface area (TPSA) is 60.7 Å². The number of benzene rings is 4. The molecule has 0 aliphatic rings. The molecule has 168 valence electrons. The molecular weight excluding hydrogens is 408 g/mol. The minimum absolute atomic E-state index is 0.293. The molecular formula is C30H30O3. The van der Waals surface area contributed by atoms with Crippen LogP contribution in [-0.2, 0) is 19.3 Å². The Bertz CT molecular complexity index is 1120. The summed E-state index contributed by atoms with van der Waals surface area (Å²) in [7, 11) is 0. The second kappa shape index (κ2) is 9.41. The molecule has 0 atom stereocenters. The molecule has 0 bridgehead atoms. The van der Waals surface area contributed by atoms with Gasteiger partial charge < -0.3 is 15.3 Å². The Labute approximate surface area is 195 Å². The third kappa shape index (κ3) is 4.58. The number of hydrogen-bond donors (Lipinski definition) is 3. The molecule has 0 saturated carbocycles. The Morgan fingerprint density at radius 1 is 0.424 bits per heavy atom. The maximum atomic E-state index is 10.4. The van der Waals surface area contributed by atoms with Crippen molar-refractivity contribution in [1.82, 2.24) is 0 Å². The van der Waals surface area contributed by atoms with E-state index in [-0.39, 0.29) is 0 Å². The summed E-state index contributed by atoms with van der Waals surface area (Å²) in [6.45, 7) is 6.40. The Morgan fingerprint density at radius 3 is 0.909 bits per heavy atom. The molecule has 0 heterocycles. The molecule has 0 spiro atoms. The SMILES string of the molecule is Cc1c(Cc2ccccc2O)c(C)c(Cc2ccccc2O)c(C)c1Cc1ccccc1O. The van der Waals surface area contributed by atoms with Gasteiger partial charge in [-0.25, -0.2) is 0 Å². The highest BCUT2D eigenvalue weighted by Gasteiger charge is 2.20. The first-order valence-electron chi connectivity index (χ1n) is 11.3. The van der Waals surface area contributed by atoms with Gasteiger partial charge in [0.2, 0.25) is 0 Å². The highest BCUT2D eigenvalue weighted by atomic mass is 16.3. The lowest BCUT2D eigenvalue weighted by Crippen LogP contribution is -2.10. The standard InChI is InChI=1S/C30H30O3/c1-19-25(16-22-10-4-7-13-28(22)31)20(2)27(18-24-12-6-9-15-30(24)33)21(3)26(19)17-23-11-5-8-14-29(23)32/h4-15,31-33H,16-18H2,1-3H3. The summed E-state index contributed by atoms with van der Waals surface area (Å²) in [6.07, 6.45) is 1.85. The summed E-state index contributed by atoms with van der Waals surface area (Å²) in [5, 5.41) is 31.3. The van der Waals surface area contributed by atoms with Gasteiger partial charge >= 0.3 is 0 Å². The molecule has 33 heavy (non-hydrogen) atoms.